The summed E-state index contributed by atoms with van der Waals surface area (Å²) in [5.74, 6) is -0.495. The van der Waals surface area contributed by atoms with Gasteiger partial charge in [-0.25, -0.2) is 8.42 Å². The summed E-state index contributed by atoms with van der Waals surface area (Å²) in [5.41, 5.74) is 4.47. The van der Waals surface area contributed by atoms with Crippen molar-refractivity contribution in [3.8, 4) is 0 Å². The van der Waals surface area contributed by atoms with Crippen molar-refractivity contribution in [1.29, 1.82) is 0 Å². The third-order valence-electron chi connectivity index (χ3n) is 6.79. The molecule has 1 aromatic heterocycles. The number of hydrogen-bond donors (Lipinski definition) is 2. The fourth-order valence-corrected chi connectivity index (χ4v) is 6.59. The van der Waals surface area contributed by atoms with Gasteiger partial charge in [0.15, 0.2) is 0 Å². The van der Waals surface area contributed by atoms with E-state index in [1.807, 2.05) is 43.4 Å². The zero-order chi connectivity index (χ0) is 27.4. The van der Waals surface area contributed by atoms with E-state index in [9.17, 15) is 13.2 Å². The van der Waals surface area contributed by atoms with Crippen molar-refractivity contribution >= 4 is 44.1 Å². The summed E-state index contributed by atoms with van der Waals surface area (Å²) in [6.07, 6.45) is 1.98. The van der Waals surface area contributed by atoms with E-state index in [0.717, 1.165) is 27.7 Å². The number of aromatic nitrogens is 1. The molecule has 1 amide bonds. The van der Waals surface area contributed by atoms with Crippen molar-refractivity contribution in [3.63, 3.8) is 0 Å². The van der Waals surface area contributed by atoms with Crippen molar-refractivity contribution in [3.05, 3.63) is 94.6 Å². The molecule has 9 heteroatoms. The van der Waals surface area contributed by atoms with Crippen molar-refractivity contribution in [1.82, 2.24) is 14.6 Å². The molecule has 1 heterocycles. The fourth-order valence-electron chi connectivity index (χ4n) is 4.64. The Morgan fingerprint density at radius 2 is 1.68 bits per heavy atom. The van der Waals surface area contributed by atoms with Crippen LogP contribution in [0, 0.1) is 0 Å². The minimum atomic E-state index is -3.82. The number of rotatable bonds is 10. The van der Waals surface area contributed by atoms with Crippen LogP contribution < -0.4 is 10.2 Å². The number of aromatic amines is 1. The number of para-hydroxylation sites is 1. The summed E-state index contributed by atoms with van der Waals surface area (Å²) in [6.45, 7) is 4.47. The molecule has 0 fully saturated rings. The maximum Gasteiger partial charge on any atom is 0.251 e. The Kier molecular flexibility index (Phi) is 8.45. The maximum absolute atomic E-state index is 13.3. The van der Waals surface area contributed by atoms with Gasteiger partial charge in [-0.1, -0.05) is 55.8 Å². The molecule has 1 atom stereocenters. The van der Waals surface area contributed by atoms with Crippen molar-refractivity contribution in [2.45, 2.75) is 24.7 Å². The van der Waals surface area contributed by atoms with E-state index in [1.54, 1.807) is 19.9 Å². The number of fused-ring (bicyclic) bond motifs is 1. The highest BCUT2D eigenvalue weighted by atomic mass is 35.5. The number of nitrogens with zero attached hydrogens (tertiary/aromatic N) is 2. The molecular weight excluding hydrogens is 520 g/mol. The van der Waals surface area contributed by atoms with Crippen LogP contribution in [-0.4, -0.2) is 57.3 Å². The first-order chi connectivity index (χ1) is 18.2. The minimum absolute atomic E-state index is 0.0667. The summed E-state index contributed by atoms with van der Waals surface area (Å²) in [7, 11) is 0.167. The average Bonchev–Trinajstić information content (AvgIpc) is 3.33. The molecule has 0 aliphatic heterocycles. The van der Waals surface area contributed by atoms with Crippen molar-refractivity contribution in [2.24, 2.45) is 0 Å². The summed E-state index contributed by atoms with van der Waals surface area (Å²) < 4.78 is 27.5. The van der Waals surface area contributed by atoms with Crippen LogP contribution in [-0.2, 0) is 10.0 Å². The lowest BCUT2D eigenvalue weighted by Crippen LogP contribution is -2.32. The first-order valence-electron chi connectivity index (χ1n) is 12.6. The second-order valence-electron chi connectivity index (χ2n) is 9.27. The molecule has 0 saturated carbocycles. The first-order valence-corrected chi connectivity index (χ1v) is 14.4. The molecule has 0 saturated heterocycles. The van der Waals surface area contributed by atoms with E-state index in [1.165, 1.54) is 16.4 Å². The number of amides is 1. The molecule has 0 radical (unpaired) electrons. The highest BCUT2D eigenvalue weighted by molar-refractivity contribution is 7.89. The van der Waals surface area contributed by atoms with Crippen LogP contribution in [0.2, 0.25) is 5.02 Å². The summed E-state index contributed by atoms with van der Waals surface area (Å²) >= 11 is 6.26. The molecule has 0 aliphatic rings. The number of carbonyl (C=O) groups is 1. The number of nitrogens with one attached hydrogen (secondary N) is 2. The minimum Gasteiger partial charge on any atom is -0.378 e. The van der Waals surface area contributed by atoms with Crippen LogP contribution in [0.3, 0.4) is 0 Å². The van der Waals surface area contributed by atoms with Gasteiger partial charge in [0, 0.05) is 68.0 Å². The topological polar surface area (TPSA) is 85.5 Å². The average molecular weight is 553 g/mol. The Hall–Kier alpha value is -3.33. The molecule has 1 unspecified atom stereocenters. The number of halogens is 1. The van der Waals surface area contributed by atoms with E-state index in [2.05, 4.69) is 40.6 Å². The quantitative estimate of drug-likeness (QED) is 0.273. The molecule has 0 spiro atoms. The van der Waals surface area contributed by atoms with Gasteiger partial charge in [-0.2, -0.15) is 4.31 Å². The third kappa shape index (κ3) is 5.57. The number of carbonyl (C=O) groups excluding carboxylic acids is 1. The molecule has 0 aliphatic carbocycles. The van der Waals surface area contributed by atoms with Gasteiger partial charge >= 0.3 is 0 Å². The first kappa shape index (κ1) is 27.7. The second-order valence-corrected chi connectivity index (χ2v) is 11.6. The van der Waals surface area contributed by atoms with Crippen LogP contribution in [0.25, 0.3) is 10.9 Å². The number of hydrogen-bond acceptors (Lipinski definition) is 4. The summed E-state index contributed by atoms with van der Waals surface area (Å²) in [4.78, 5) is 18.6. The second kappa shape index (κ2) is 11.6. The predicted molar refractivity (Wildman–Crippen MR) is 155 cm³/mol. The Morgan fingerprint density at radius 3 is 2.34 bits per heavy atom. The highest BCUT2D eigenvalue weighted by Crippen LogP contribution is 2.32. The lowest BCUT2D eigenvalue weighted by molar-refractivity contribution is 0.0952. The Bertz CT molecular complexity index is 1530. The van der Waals surface area contributed by atoms with E-state index in [0.29, 0.717) is 19.6 Å². The Labute approximate surface area is 229 Å². The molecular formula is C29H33ClN4O3S. The molecule has 2 N–H and O–H groups in total. The SMILES string of the molecule is CCN(CC)S(=O)(=O)c1cc(C(=O)NCC(c2ccc(N(C)C)cc2)c2c[nH]c3ccccc23)ccc1Cl. The van der Waals surface area contributed by atoms with Gasteiger partial charge in [-0.3, -0.25) is 4.79 Å². The molecule has 3 aromatic carbocycles. The molecule has 38 heavy (non-hydrogen) atoms. The zero-order valence-corrected chi connectivity index (χ0v) is 23.6. The van der Waals surface area contributed by atoms with Gasteiger partial charge in [0.1, 0.15) is 4.90 Å². The van der Waals surface area contributed by atoms with Crippen LogP contribution in [0.4, 0.5) is 5.69 Å². The number of anilines is 1. The van der Waals surface area contributed by atoms with Crippen LogP contribution in [0.1, 0.15) is 41.3 Å². The monoisotopic (exact) mass is 552 g/mol. The molecule has 0 bridgehead atoms. The van der Waals surface area contributed by atoms with Crippen molar-refractivity contribution in [2.75, 3.05) is 38.6 Å². The van der Waals surface area contributed by atoms with Gasteiger partial charge < -0.3 is 15.2 Å². The van der Waals surface area contributed by atoms with Crippen LogP contribution >= 0.6 is 11.6 Å². The Balaban J connectivity index is 1.65. The van der Waals surface area contributed by atoms with Crippen LogP contribution in [0.15, 0.2) is 77.8 Å². The van der Waals surface area contributed by atoms with Gasteiger partial charge in [-0.15, -0.1) is 0 Å². The third-order valence-corrected chi connectivity index (χ3v) is 9.32. The maximum atomic E-state index is 13.3. The van der Waals surface area contributed by atoms with Crippen LogP contribution in [0.5, 0.6) is 0 Å². The predicted octanol–water partition coefficient (Wildman–Crippen LogP) is 5.48. The largest absolute Gasteiger partial charge is 0.378 e. The fraction of sp³-hybridized carbons (Fsp3) is 0.276. The van der Waals surface area contributed by atoms with Gasteiger partial charge in [0.2, 0.25) is 10.0 Å². The van der Waals surface area contributed by atoms with Gasteiger partial charge in [0.05, 0.1) is 5.02 Å². The molecule has 4 aromatic rings. The lowest BCUT2D eigenvalue weighted by Gasteiger charge is -2.21. The van der Waals surface area contributed by atoms with Gasteiger partial charge in [-0.05, 0) is 47.5 Å². The van der Waals surface area contributed by atoms with Crippen molar-refractivity contribution < 1.29 is 13.2 Å². The Morgan fingerprint density at radius 1 is 1.00 bits per heavy atom. The summed E-state index contributed by atoms with van der Waals surface area (Å²) in [5, 5.41) is 4.20. The number of sulfonamides is 1. The van der Waals surface area contributed by atoms with E-state index in [-0.39, 0.29) is 27.3 Å². The smallest absolute Gasteiger partial charge is 0.251 e. The standard InChI is InChI=1S/C29H33ClN4O3S/c1-5-34(6-2)38(36,37)28-17-21(13-16-26(28)30)29(35)32-18-24(20-11-14-22(15-12-20)33(3)4)25-19-31-27-10-8-7-9-23(25)27/h7-17,19,24,31H,5-6,18H2,1-4H3,(H,32,35). The molecule has 4 rings (SSSR count). The molecule has 7 nitrogen and oxygen atoms in total. The van der Waals surface area contributed by atoms with E-state index < -0.39 is 10.0 Å². The zero-order valence-electron chi connectivity index (χ0n) is 22.0. The van der Waals surface area contributed by atoms with E-state index >= 15 is 0 Å². The number of benzene rings is 3. The molecule has 200 valence electrons. The lowest BCUT2D eigenvalue weighted by atomic mass is 9.90. The normalized spacial score (nSPS) is 12.6. The van der Waals surface area contributed by atoms with Gasteiger partial charge in [0.25, 0.3) is 5.91 Å². The summed E-state index contributed by atoms with van der Waals surface area (Å²) in [6, 6.07) is 20.7. The number of H-pyrrole nitrogens is 1. The van der Waals surface area contributed by atoms with E-state index in [4.69, 9.17) is 11.6 Å². The highest BCUT2D eigenvalue weighted by Gasteiger charge is 2.26.